The van der Waals surface area contributed by atoms with Gasteiger partial charge in [-0.3, -0.25) is 4.90 Å². The molecule has 13 heavy (non-hydrogen) atoms. The molecule has 1 fully saturated rings. The Morgan fingerprint density at radius 1 is 1.54 bits per heavy atom. The van der Waals surface area contributed by atoms with E-state index in [1.807, 2.05) is 6.92 Å². The predicted molar refractivity (Wildman–Crippen MR) is 52.7 cm³/mol. The molecule has 0 aromatic rings. The lowest BCUT2D eigenvalue weighted by atomic mass is 10.1. The molecule has 1 saturated heterocycles. The van der Waals surface area contributed by atoms with E-state index in [2.05, 4.69) is 25.7 Å². The first-order valence-electron chi connectivity index (χ1n) is 4.98. The highest BCUT2D eigenvalue weighted by molar-refractivity contribution is 4.84. The summed E-state index contributed by atoms with van der Waals surface area (Å²) < 4.78 is 5.41. The molecule has 1 rings (SSSR count). The van der Waals surface area contributed by atoms with Crippen LogP contribution in [0.15, 0.2) is 0 Å². The average molecular weight is 187 g/mol. The quantitative estimate of drug-likeness (QED) is 0.661. The van der Waals surface area contributed by atoms with Gasteiger partial charge in [0.1, 0.15) is 0 Å². The van der Waals surface area contributed by atoms with Gasteiger partial charge in [0, 0.05) is 18.6 Å². The van der Waals surface area contributed by atoms with Crippen LogP contribution in [0.1, 0.15) is 27.7 Å². The monoisotopic (exact) mass is 187 g/mol. The number of rotatable bonds is 1. The first-order valence-corrected chi connectivity index (χ1v) is 4.98. The van der Waals surface area contributed by atoms with Gasteiger partial charge in [0.15, 0.2) is 0 Å². The number of hydrogen-bond acceptors (Lipinski definition) is 3. The molecule has 2 atom stereocenters. The van der Waals surface area contributed by atoms with Crippen molar-refractivity contribution in [3.8, 4) is 0 Å². The summed E-state index contributed by atoms with van der Waals surface area (Å²) in [6.45, 7) is 10.1. The Morgan fingerprint density at radius 3 is 2.69 bits per heavy atom. The van der Waals surface area contributed by atoms with Crippen LogP contribution in [0.5, 0.6) is 0 Å². The van der Waals surface area contributed by atoms with E-state index in [1.165, 1.54) is 0 Å². The van der Waals surface area contributed by atoms with Gasteiger partial charge in [-0.2, -0.15) is 0 Å². The van der Waals surface area contributed by atoms with Crippen LogP contribution in [0, 0.1) is 0 Å². The summed E-state index contributed by atoms with van der Waals surface area (Å²) in [5.74, 6) is 0. The molecule has 0 radical (unpaired) electrons. The van der Waals surface area contributed by atoms with Crippen LogP contribution in [0.25, 0.3) is 0 Å². The molecule has 3 heteroatoms. The molecule has 0 amide bonds. The van der Waals surface area contributed by atoms with Gasteiger partial charge in [-0.15, -0.1) is 0 Å². The number of aliphatic hydroxyl groups is 1. The van der Waals surface area contributed by atoms with Gasteiger partial charge in [0.05, 0.1) is 18.8 Å². The molecule has 0 aromatic heterocycles. The van der Waals surface area contributed by atoms with Gasteiger partial charge in [-0.25, -0.2) is 0 Å². The topological polar surface area (TPSA) is 32.7 Å². The zero-order valence-corrected chi connectivity index (χ0v) is 9.08. The Kier molecular flexibility index (Phi) is 3.33. The molecule has 0 spiro atoms. The van der Waals surface area contributed by atoms with Crippen molar-refractivity contribution < 1.29 is 9.84 Å². The summed E-state index contributed by atoms with van der Waals surface area (Å²) in [6.07, 6.45) is 0. The Bertz CT molecular complexity index is 168. The van der Waals surface area contributed by atoms with Gasteiger partial charge in [0.25, 0.3) is 0 Å². The van der Waals surface area contributed by atoms with Crippen molar-refractivity contribution in [3.05, 3.63) is 0 Å². The number of ether oxygens (including phenoxy) is 1. The summed E-state index contributed by atoms with van der Waals surface area (Å²) in [4.78, 5) is 2.28. The second-order valence-corrected chi connectivity index (χ2v) is 4.63. The third-order valence-corrected chi connectivity index (χ3v) is 2.52. The van der Waals surface area contributed by atoms with Crippen molar-refractivity contribution >= 4 is 0 Å². The zero-order chi connectivity index (χ0) is 10.1. The maximum Gasteiger partial charge on any atom is 0.0978 e. The standard InChI is InChI=1S/C10H21NO2/c1-8(2)11-6-10(4,12)7-13-5-9(11)3/h8-9,12H,5-7H2,1-4H3. The first kappa shape index (κ1) is 11.0. The zero-order valence-electron chi connectivity index (χ0n) is 9.08. The van der Waals surface area contributed by atoms with Crippen molar-refractivity contribution in [2.24, 2.45) is 0 Å². The second kappa shape index (κ2) is 3.95. The van der Waals surface area contributed by atoms with E-state index in [1.54, 1.807) is 0 Å². The summed E-state index contributed by atoms with van der Waals surface area (Å²) in [5, 5.41) is 9.92. The molecule has 1 aliphatic heterocycles. The largest absolute Gasteiger partial charge is 0.386 e. The highest BCUT2D eigenvalue weighted by Gasteiger charge is 2.31. The van der Waals surface area contributed by atoms with Crippen molar-refractivity contribution in [1.82, 2.24) is 4.90 Å². The van der Waals surface area contributed by atoms with Gasteiger partial charge < -0.3 is 9.84 Å². The molecule has 0 saturated carbocycles. The Morgan fingerprint density at radius 2 is 2.15 bits per heavy atom. The van der Waals surface area contributed by atoms with Crippen LogP contribution in [-0.2, 0) is 4.74 Å². The summed E-state index contributed by atoms with van der Waals surface area (Å²) in [5.41, 5.74) is -0.699. The predicted octanol–water partition coefficient (Wildman–Crippen LogP) is 0.866. The number of β-amino-alcohol motifs (C(OH)–C–C–N with tert-alkyl or cyclic N) is 1. The average Bonchev–Trinajstić information content (AvgIpc) is 2.10. The number of nitrogens with zero attached hydrogens (tertiary/aromatic N) is 1. The van der Waals surface area contributed by atoms with E-state index in [0.29, 0.717) is 31.8 Å². The number of hydrogen-bond donors (Lipinski definition) is 1. The van der Waals surface area contributed by atoms with Crippen molar-refractivity contribution in [2.75, 3.05) is 19.8 Å². The van der Waals surface area contributed by atoms with E-state index < -0.39 is 5.60 Å². The van der Waals surface area contributed by atoms with Crippen LogP contribution in [-0.4, -0.2) is 47.4 Å². The molecule has 1 N–H and O–H groups in total. The van der Waals surface area contributed by atoms with E-state index in [0.717, 1.165) is 0 Å². The van der Waals surface area contributed by atoms with Crippen LogP contribution in [0.3, 0.4) is 0 Å². The Labute approximate surface area is 80.7 Å². The van der Waals surface area contributed by atoms with Crippen LogP contribution in [0.2, 0.25) is 0 Å². The normalized spacial score (nSPS) is 37.8. The molecule has 2 unspecified atom stereocenters. The molecule has 1 aliphatic rings. The lowest BCUT2D eigenvalue weighted by Gasteiger charge is -2.33. The van der Waals surface area contributed by atoms with Crippen LogP contribution < -0.4 is 0 Å². The molecule has 3 nitrogen and oxygen atoms in total. The summed E-state index contributed by atoms with van der Waals surface area (Å²) in [7, 11) is 0. The van der Waals surface area contributed by atoms with Gasteiger partial charge in [0.2, 0.25) is 0 Å². The molecule has 0 aliphatic carbocycles. The molecule has 1 heterocycles. The molecule has 0 bridgehead atoms. The molecular formula is C10H21NO2. The van der Waals surface area contributed by atoms with Crippen LogP contribution in [0.4, 0.5) is 0 Å². The first-order chi connectivity index (χ1) is 5.92. The summed E-state index contributed by atoms with van der Waals surface area (Å²) in [6, 6.07) is 0.858. The summed E-state index contributed by atoms with van der Waals surface area (Å²) >= 11 is 0. The van der Waals surface area contributed by atoms with Gasteiger partial charge in [-0.05, 0) is 27.7 Å². The van der Waals surface area contributed by atoms with Gasteiger partial charge in [-0.1, -0.05) is 0 Å². The molecule has 0 aromatic carbocycles. The fourth-order valence-electron chi connectivity index (χ4n) is 1.83. The SMILES string of the molecule is CC(C)N1CC(C)(O)COCC1C. The minimum absolute atomic E-state index is 0.397. The fourth-order valence-corrected chi connectivity index (χ4v) is 1.83. The maximum atomic E-state index is 9.92. The van der Waals surface area contributed by atoms with E-state index in [-0.39, 0.29) is 0 Å². The maximum absolute atomic E-state index is 9.92. The lowest BCUT2D eigenvalue weighted by molar-refractivity contribution is -0.0243. The van der Waals surface area contributed by atoms with E-state index in [9.17, 15) is 5.11 Å². The van der Waals surface area contributed by atoms with Crippen molar-refractivity contribution in [2.45, 2.75) is 45.4 Å². The fraction of sp³-hybridized carbons (Fsp3) is 1.00. The Balaban J connectivity index is 2.67. The Hall–Kier alpha value is -0.120. The van der Waals surface area contributed by atoms with E-state index >= 15 is 0 Å². The third kappa shape index (κ3) is 2.93. The minimum atomic E-state index is -0.699. The van der Waals surface area contributed by atoms with Crippen LogP contribution >= 0.6 is 0 Å². The molecular weight excluding hydrogens is 166 g/mol. The minimum Gasteiger partial charge on any atom is -0.386 e. The molecule has 78 valence electrons. The highest BCUT2D eigenvalue weighted by Crippen LogP contribution is 2.17. The second-order valence-electron chi connectivity index (χ2n) is 4.63. The van der Waals surface area contributed by atoms with E-state index in [4.69, 9.17) is 4.74 Å². The van der Waals surface area contributed by atoms with Gasteiger partial charge >= 0.3 is 0 Å². The highest BCUT2D eigenvalue weighted by atomic mass is 16.5. The smallest absolute Gasteiger partial charge is 0.0978 e. The van der Waals surface area contributed by atoms with Crippen molar-refractivity contribution in [1.29, 1.82) is 0 Å². The lowest BCUT2D eigenvalue weighted by Crippen LogP contribution is -2.47. The third-order valence-electron chi connectivity index (χ3n) is 2.52. The van der Waals surface area contributed by atoms with Crippen molar-refractivity contribution in [3.63, 3.8) is 0 Å².